The summed E-state index contributed by atoms with van der Waals surface area (Å²) in [6, 6.07) is -0.912. The molecular formula is C12H22N2O4. The van der Waals surface area contributed by atoms with E-state index < -0.39 is 17.9 Å². The first-order chi connectivity index (χ1) is 8.42. The first-order valence-corrected chi connectivity index (χ1v) is 6.21. The van der Waals surface area contributed by atoms with Gasteiger partial charge in [-0.2, -0.15) is 0 Å². The Morgan fingerprint density at radius 1 is 1.17 bits per heavy atom. The van der Waals surface area contributed by atoms with Crippen LogP contribution in [-0.2, 0) is 14.4 Å². The van der Waals surface area contributed by atoms with E-state index in [2.05, 4.69) is 10.6 Å². The number of carboxylic acid groups (broad SMARTS) is 1. The lowest BCUT2D eigenvalue weighted by Crippen LogP contribution is -2.48. The zero-order chi connectivity index (χ0) is 14.1. The van der Waals surface area contributed by atoms with Crippen LogP contribution in [0.2, 0.25) is 0 Å². The average Bonchev–Trinajstić information content (AvgIpc) is 2.32. The van der Waals surface area contributed by atoms with E-state index in [1.807, 2.05) is 13.8 Å². The number of hydrogen-bond donors (Lipinski definition) is 3. The number of carbonyl (C=O) groups excluding carboxylic acids is 2. The van der Waals surface area contributed by atoms with Gasteiger partial charge in [0.25, 0.3) is 0 Å². The minimum atomic E-state index is -1.06. The van der Waals surface area contributed by atoms with Crippen LogP contribution in [0.15, 0.2) is 0 Å². The predicted molar refractivity (Wildman–Crippen MR) is 66.9 cm³/mol. The van der Waals surface area contributed by atoms with E-state index in [-0.39, 0.29) is 18.4 Å². The van der Waals surface area contributed by atoms with E-state index in [4.69, 9.17) is 5.11 Å². The summed E-state index contributed by atoms with van der Waals surface area (Å²) < 4.78 is 0. The Bertz CT molecular complexity index is 304. The van der Waals surface area contributed by atoms with Crippen LogP contribution < -0.4 is 10.6 Å². The zero-order valence-corrected chi connectivity index (χ0v) is 11.2. The van der Waals surface area contributed by atoms with Crippen LogP contribution in [0.1, 0.15) is 40.0 Å². The number of amides is 2. The molecule has 6 nitrogen and oxygen atoms in total. The Balaban J connectivity index is 4.19. The van der Waals surface area contributed by atoms with Gasteiger partial charge in [0.2, 0.25) is 11.8 Å². The monoisotopic (exact) mass is 258 g/mol. The third-order valence-electron chi connectivity index (χ3n) is 2.72. The average molecular weight is 258 g/mol. The lowest BCUT2D eigenvalue weighted by atomic mass is 9.99. The number of hydrogen-bond acceptors (Lipinski definition) is 3. The third-order valence-corrected chi connectivity index (χ3v) is 2.72. The van der Waals surface area contributed by atoms with Crippen molar-refractivity contribution < 1.29 is 19.5 Å². The van der Waals surface area contributed by atoms with Crippen LogP contribution in [0.3, 0.4) is 0 Å². The molecule has 0 saturated carbocycles. The van der Waals surface area contributed by atoms with E-state index in [9.17, 15) is 14.4 Å². The van der Waals surface area contributed by atoms with Crippen molar-refractivity contribution in [3.63, 3.8) is 0 Å². The molecule has 0 rings (SSSR count). The topological polar surface area (TPSA) is 95.5 Å². The van der Waals surface area contributed by atoms with Crippen molar-refractivity contribution in [2.24, 2.45) is 5.92 Å². The highest BCUT2D eigenvalue weighted by molar-refractivity contribution is 5.87. The molecular weight excluding hydrogens is 236 g/mol. The third kappa shape index (κ3) is 6.22. The molecule has 0 aliphatic rings. The lowest BCUT2D eigenvalue weighted by Gasteiger charge is -2.20. The number of nitrogens with one attached hydrogen (secondary N) is 2. The lowest BCUT2D eigenvalue weighted by molar-refractivity contribution is -0.143. The van der Waals surface area contributed by atoms with Crippen LogP contribution in [0.4, 0.5) is 0 Å². The molecule has 2 atom stereocenters. The fourth-order valence-electron chi connectivity index (χ4n) is 1.40. The second-order valence-corrected chi connectivity index (χ2v) is 4.30. The van der Waals surface area contributed by atoms with Gasteiger partial charge >= 0.3 is 5.97 Å². The van der Waals surface area contributed by atoms with Gasteiger partial charge in [0, 0.05) is 6.42 Å². The molecule has 0 spiro atoms. The summed E-state index contributed by atoms with van der Waals surface area (Å²) in [5, 5.41) is 13.8. The minimum Gasteiger partial charge on any atom is -0.480 e. The molecule has 0 aliphatic heterocycles. The van der Waals surface area contributed by atoms with Crippen molar-refractivity contribution in [2.45, 2.75) is 46.1 Å². The maximum atomic E-state index is 11.5. The minimum absolute atomic E-state index is 0.155. The summed E-state index contributed by atoms with van der Waals surface area (Å²) in [6.45, 7) is 5.30. The summed E-state index contributed by atoms with van der Waals surface area (Å²) in [4.78, 5) is 33.6. The van der Waals surface area contributed by atoms with Gasteiger partial charge in [0.15, 0.2) is 0 Å². The largest absolute Gasteiger partial charge is 0.480 e. The van der Waals surface area contributed by atoms with E-state index >= 15 is 0 Å². The van der Waals surface area contributed by atoms with Crippen molar-refractivity contribution in [3.8, 4) is 0 Å². The van der Waals surface area contributed by atoms with Crippen LogP contribution in [0.25, 0.3) is 0 Å². The molecule has 0 heterocycles. The Labute approximate surface area is 107 Å². The summed E-state index contributed by atoms with van der Waals surface area (Å²) in [5.41, 5.74) is 0. The number of carboxylic acids is 1. The van der Waals surface area contributed by atoms with Crippen molar-refractivity contribution in [3.05, 3.63) is 0 Å². The molecule has 2 amide bonds. The molecule has 0 radical (unpaired) electrons. The van der Waals surface area contributed by atoms with Gasteiger partial charge < -0.3 is 15.7 Å². The van der Waals surface area contributed by atoms with Gasteiger partial charge in [-0.15, -0.1) is 0 Å². The van der Waals surface area contributed by atoms with Crippen LogP contribution >= 0.6 is 0 Å². The van der Waals surface area contributed by atoms with Crippen LogP contribution in [0.5, 0.6) is 0 Å². The second-order valence-electron chi connectivity index (χ2n) is 4.30. The van der Waals surface area contributed by atoms with Gasteiger partial charge in [0.1, 0.15) is 6.04 Å². The quantitative estimate of drug-likeness (QED) is 0.591. The number of carbonyl (C=O) groups is 3. The highest BCUT2D eigenvalue weighted by atomic mass is 16.4. The fourth-order valence-corrected chi connectivity index (χ4v) is 1.40. The van der Waals surface area contributed by atoms with Crippen molar-refractivity contribution in [2.75, 3.05) is 6.54 Å². The fraction of sp³-hybridized carbons (Fsp3) is 0.750. The van der Waals surface area contributed by atoms with Gasteiger partial charge in [-0.25, -0.2) is 4.79 Å². The molecule has 18 heavy (non-hydrogen) atoms. The van der Waals surface area contributed by atoms with E-state index in [0.717, 1.165) is 0 Å². The molecule has 2 unspecified atom stereocenters. The smallest absolute Gasteiger partial charge is 0.326 e. The Kier molecular flexibility index (Phi) is 7.74. The maximum Gasteiger partial charge on any atom is 0.326 e. The molecule has 0 aromatic carbocycles. The first-order valence-electron chi connectivity index (χ1n) is 6.21. The standard InChI is InChI=1S/C12H22N2O4/c1-4-6-9(15)13-7-10(16)14-11(12(17)18)8(3)5-2/h8,11H,4-7H2,1-3H3,(H,13,15)(H,14,16)(H,17,18). The second kappa shape index (κ2) is 8.49. The maximum absolute atomic E-state index is 11.5. The number of aliphatic carboxylic acids is 1. The van der Waals surface area contributed by atoms with Gasteiger partial charge in [-0.3, -0.25) is 9.59 Å². The molecule has 0 aromatic heterocycles. The zero-order valence-electron chi connectivity index (χ0n) is 11.2. The molecule has 0 fully saturated rings. The number of rotatable bonds is 8. The molecule has 0 aliphatic carbocycles. The molecule has 0 bridgehead atoms. The molecule has 0 saturated heterocycles. The van der Waals surface area contributed by atoms with Crippen LogP contribution in [-0.4, -0.2) is 35.5 Å². The molecule has 104 valence electrons. The summed E-state index contributed by atoms with van der Waals surface area (Å²) in [5.74, 6) is -1.90. The van der Waals surface area contributed by atoms with E-state index in [1.54, 1.807) is 6.92 Å². The van der Waals surface area contributed by atoms with Crippen molar-refractivity contribution in [1.29, 1.82) is 0 Å². The Hall–Kier alpha value is -1.59. The van der Waals surface area contributed by atoms with Gasteiger partial charge in [0.05, 0.1) is 6.54 Å². The predicted octanol–water partition coefficient (Wildman–Crippen LogP) is 0.518. The van der Waals surface area contributed by atoms with Gasteiger partial charge in [-0.05, 0) is 12.3 Å². The van der Waals surface area contributed by atoms with Crippen molar-refractivity contribution in [1.82, 2.24) is 10.6 Å². The first kappa shape index (κ1) is 16.4. The molecule has 3 N–H and O–H groups in total. The Morgan fingerprint density at radius 3 is 2.22 bits per heavy atom. The van der Waals surface area contributed by atoms with Crippen LogP contribution in [0, 0.1) is 5.92 Å². The highest BCUT2D eigenvalue weighted by Crippen LogP contribution is 2.07. The van der Waals surface area contributed by atoms with E-state index in [0.29, 0.717) is 19.3 Å². The molecule has 6 heteroatoms. The summed E-state index contributed by atoms with van der Waals surface area (Å²) in [7, 11) is 0. The normalized spacial score (nSPS) is 13.5. The SMILES string of the molecule is CCCC(=O)NCC(=O)NC(C(=O)O)C(C)CC. The van der Waals surface area contributed by atoms with Gasteiger partial charge in [-0.1, -0.05) is 27.2 Å². The summed E-state index contributed by atoms with van der Waals surface area (Å²) >= 11 is 0. The highest BCUT2D eigenvalue weighted by Gasteiger charge is 2.25. The van der Waals surface area contributed by atoms with Crippen molar-refractivity contribution >= 4 is 17.8 Å². The molecule has 0 aromatic rings. The van der Waals surface area contributed by atoms with E-state index in [1.165, 1.54) is 0 Å². The summed E-state index contributed by atoms with van der Waals surface area (Å²) in [6.07, 6.45) is 1.72. The Morgan fingerprint density at radius 2 is 1.78 bits per heavy atom.